The third-order valence-corrected chi connectivity index (χ3v) is 3.56. The lowest BCUT2D eigenvalue weighted by Gasteiger charge is -2.11. The summed E-state index contributed by atoms with van der Waals surface area (Å²) in [6.07, 6.45) is 2.91. The van der Waals surface area contributed by atoms with Gasteiger partial charge in [-0.15, -0.1) is 0 Å². The molecule has 0 spiro atoms. The molecular formula is C17H21NO2. The first-order valence-electron chi connectivity index (χ1n) is 7.09. The fraction of sp³-hybridized carbons (Fsp3) is 0.353. The Labute approximate surface area is 119 Å². The zero-order valence-electron chi connectivity index (χ0n) is 12.1. The van der Waals surface area contributed by atoms with Crippen molar-refractivity contribution in [3.8, 4) is 5.75 Å². The van der Waals surface area contributed by atoms with Crippen molar-refractivity contribution in [2.75, 3.05) is 6.61 Å². The van der Waals surface area contributed by atoms with Crippen LogP contribution < -0.4 is 10.3 Å². The molecule has 0 radical (unpaired) electrons. The van der Waals surface area contributed by atoms with E-state index in [-0.39, 0.29) is 5.56 Å². The molecule has 0 aliphatic heterocycles. The molecule has 0 bridgehead atoms. The molecule has 1 heterocycles. The first-order valence-corrected chi connectivity index (χ1v) is 7.09. The normalized spacial score (nSPS) is 12.1. The van der Waals surface area contributed by atoms with Crippen LogP contribution in [0, 0.1) is 0 Å². The summed E-state index contributed by atoms with van der Waals surface area (Å²) in [6.45, 7) is 5.46. The van der Waals surface area contributed by atoms with Crippen LogP contribution in [0.4, 0.5) is 0 Å². The molecule has 0 aliphatic rings. The maximum absolute atomic E-state index is 11.5. The minimum Gasteiger partial charge on any atom is -0.492 e. The van der Waals surface area contributed by atoms with E-state index in [1.807, 2.05) is 18.2 Å². The smallest absolute Gasteiger partial charge is 0.250 e. The van der Waals surface area contributed by atoms with E-state index in [1.165, 1.54) is 5.56 Å². The average Bonchev–Trinajstić information content (AvgIpc) is 2.49. The molecule has 0 fully saturated rings. The molecule has 1 atom stereocenters. The van der Waals surface area contributed by atoms with Gasteiger partial charge >= 0.3 is 0 Å². The maximum atomic E-state index is 11.5. The molecule has 0 N–H and O–H groups in total. The Bertz CT molecular complexity index is 586. The molecule has 1 aromatic heterocycles. The summed E-state index contributed by atoms with van der Waals surface area (Å²) in [5.41, 5.74) is 1.34. The first kappa shape index (κ1) is 14.4. The van der Waals surface area contributed by atoms with Crippen molar-refractivity contribution < 1.29 is 4.74 Å². The number of hydrogen-bond acceptors (Lipinski definition) is 2. The second-order valence-corrected chi connectivity index (χ2v) is 4.96. The Morgan fingerprint density at radius 2 is 1.90 bits per heavy atom. The van der Waals surface area contributed by atoms with E-state index in [0.717, 1.165) is 12.2 Å². The standard InChI is InChI=1S/C17H21NO2/c1-3-14(2)15-7-9-16(10-8-15)20-13-12-18-11-5-4-6-17(18)19/h4-11,14H,3,12-13H2,1-2H3. The maximum Gasteiger partial charge on any atom is 0.250 e. The third kappa shape index (κ3) is 3.73. The van der Waals surface area contributed by atoms with Gasteiger partial charge in [-0.05, 0) is 36.1 Å². The van der Waals surface area contributed by atoms with Crippen LogP contribution in [-0.2, 0) is 6.54 Å². The van der Waals surface area contributed by atoms with Crippen molar-refractivity contribution >= 4 is 0 Å². The largest absolute Gasteiger partial charge is 0.492 e. The second-order valence-electron chi connectivity index (χ2n) is 4.96. The molecule has 3 nitrogen and oxygen atoms in total. The van der Waals surface area contributed by atoms with Gasteiger partial charge in [0.05, 0.1) is 6.54 Å². The molecule has 0 aliphatic carbocycles. The summed E-state index contributed by atoms with van der Waals surface area (Å²) in [5.74, 6) is 1.42. The fourth-order valence-electron chi connectivity index (χ4n) is 2.04. The van der Waals surface area contributed by atoms with Gasteiger partial charge in [-0.1, -0.05) is 32.0 Å². The van der Waals surface area contributed by atoms with Crippen LogP contribution in [0.1, 0.15) is 31.7 Å². The molecule has 3 heteroatoms. The number of nitrogens with zero attached hydrogens (tertiary/aromatic N) is 1. The summed E-state index contributed by atoms with van der Waals surface area (Å²) in [4.78, 5) is 11.5. The van der Waals surface area contributed by atoms with Gasteiger partial charge in [0.1, 0.15) is 12.4 Å². The highest BCUT2D eigenvalue weighted by Gasteiger charge is 2.02. The van der Waals surface area contributed by atoms with Crippen molar-refractivity contribution in [2.24, 2.45) is 0 Å². The summed E-state index contributed by atoms with van der Waals surface area (Å²) >= 11 is 0. The van der Waals surface area contributed by atoms with Gasteiger partial charge in [-0.2, -0.15) is 0 Å². The van der Waals surface area contributed by atoms with Crippen molar-refractivity contribution in [3.63, 3.8) is 0 Å². The Morgan fingerprint density at radius 1 is 1.15 bits per heavy atom. The predicted octanol–water partition coefficient (Wildman–Crippen LogP) is 3.44. The van der Waals surface area contributed by atoms with E-state index in [9.17, 15) is 4.79 Å². The monoisotopic (exact) mass is 271 g/mol. The Balaban J connectivity index is 1.88. The van der Waals surface area contributed by atoms with Crippen LogP contribution in [0.5, 0.6) is 5.75 Å². The van der Waals surface area contributed by atoms with Crippen LogP contribution in [0.2, 0.25) is 0 Å². The van der Waals surface area contributed by atoms with Gasteiger partial charge in [0.25, 0.3) is 5.56 Å². The molecule has 106 valence electrons. The van der Waals surface area contributed by atoms with E-state index in [0.29, 0.717) is 19.1 Å². The Morgan fingerprint density at radius 3 is 2.55 bits per heavy atom. The Kier molecular flexibility index (Phi) is 4.99. The van der Waals surface area contributed by atoms with Gasteiger partial charge in [0.2, 0.25) is 0 Å². The van der Waals surface area contributed by atoms with Gasteiger partial charge in [0.15, 0.2) is 0 Å². The SMILES string of the molecule is CCC(C)c1ccc(OCCn2ccccc2=O)cc1. The van der Waals surface area contributed by atoms with E-state index in [1.54, 1.807) is 22.9 Å². The molecule has 1 aromatic carbocycles. The average molecular weight is 271 g/mol. The van der Waals surface area contributed by atoms with Crippen molar-refractivity contribution in [2.45, 2.75) is 32.7 Å². The van der Waals surface area contributed by atoms with Crippen LogP contribution in [-0.4, -0.2) is 11.2 Å². The van der Waals surface area contributed by atoms with Crippen molar-refractivity contribution in [1.29, 1.82) is 0 Å². The minimum atomic E-state index is 0.00298. The van der Waals surface area contributed by atoms with E-state index in [2.05, 4.69) is 26.0 Å². The number of hydrogen-bond donors (Lipinski definition) is 0. The summed E-state index contributed by atoms with van der Waals surface area (Å²) < 4.78 is 7.32. The van der Waals surface area contributed by atoms with E-state index >= 15 is 0 Å². The van der Waals surface area contributed by atoms with Gasteiger partial charge < -0.3 is 9.30 Å². The highest BCUT2D eigenvalue weighted by molar-refractivity contribution is 5.29. The van der Waals surface area contributed by atoms with Crippen LogP contribution in [0.15, 0.2) is 53.5 Å². The molecule has 20 heavy (non-hydrogen) atoms. The first-order chi connectivity index (χ1) is 9.70. The van der Waals surface area contributed by atoms with Crippen LogP contribution in [0.3, 0.4) is 0 Å². The molecule has 0 saturated heterocycles. The lowest BCUT2D eigenvalue weighted by Crippen LogP contribution is -2.21. The highest BCUT2D eigenvalue weighted by Crippen LogP contribution is 2.21. The summed E-state index contributed by atoms with van der Waals surface area (Å²) in [5, 5.41) is 0. The topological polar surface area (TPSA) is 31.2 Å². The third-order valence-electron chi connectivity index (χ3n) is 3.56. The minimum absolute atomic E-state index is 0.00298. The molecule has 1 unspecified atom stereocenters. The van der Waals surface area contributed by atoms with Gasteiger partial charge in [0, 0.05) is 12.3 Å². The predicted molar refractivity (Wildman–Crippen MR) is 81.3 cm³/mol. The molecular weight excluding hydrogens is 250 g/mol. The number of ether oxygens (including phenoxy) is 1. The van der Waals surface area contributed by atoms with Crippen molar-refractivity contribution in [3.05, 3.63) is 64.6 Å². The zero-order valence-corrected chi connectivity index (χ0v) is 12.1. The lowest BCUT2D eigenvalue weighted by atomic mass is 9.99. The number of benzene rings is 1. The lowest BCUT2D eigenvalue weighted by molar-refractivity contribution is 0.296. The number of pyridine rings is 1. The Hall–Kier alpha value is -2.03. The number of rotatable bonds is 6. The molecule has 2 aromatic rings. The van der Waals surface area contributed by atoms with Gasteiger partial charge in [-0.3, -0.25) is 4.79 Å². The zero-order chi connectivity index (χ0) is 14.4. The second kappa shape index (κ2) is 6.94. The summed E-state index contributed by atoms with van der Waals surface area (Å²) in [7, 11) is 0. The fourth-order valence-corrected chi connectivity index (χ4v) is 2.04. The van der Waals surface area contributed by atoms with Gasteiger partial charge in [-0.25, -0.2) is 0 Å². The molecule has 0 saturated carbocycles. The quantitative estimate of drug-likeness (QED) is 0.806. The van der Waals surface area contributed by atoms with E-state index < -0.39 is 0 Å². The van der Waals surface area contributed by atoms with Crippen LogP contribution in [0.25, 0.3) is 0 Å². The number of aromatic nitrogens is 1. The summed E-state index contributed by atoms with van der Waals surface area (Å²) in [6, 6.07) is 13.4. The van der Waals surface area contributed by atoms with E-state index in [4.69, 9.17) is 4.74 Å². The molecule has 2 rings (SSSR count). The molecule has 0 amide bonds. The highest BCUT2D eigenvalue weighted by atomic mass is 16.5. The van der Waals surface area contributed by atoms with Crippen molar-refractivity contribution in [1.82, 2.24) is 4.57 Å². The van der Waals surface area contributed by atoms with Crippen LogP contribution >= 0.6 is 0 Å².